The van der Waals surface area contributed by atoms with Gasteiger partial charge in [0.2, 0.25) is 0 Å². The van der Waals surface area contributed by atoms with Gasteiger partial charge < -0.3 is 15.4 Å². The maximum absolute atomic E-state index is 12.4. The number of ether oxygens (including phenoxy) is 1. The molecule has 0 radical (unpaired) electrons. The molecule has 0 heterocycles. The van der Waals surface area contributed by atoms with E-state index >= 15 is 0 Å². The molecule has 1 rings (SSSR count). The van der Waals surface area contributed by atoms with E-state index in [4.69, 9.17) is 10.5 Å². The van der Waals surface area contributed by atoms with E-state index in [0.29, 0.717) is 30.4 Å². The highest BCUT2D eigenvalue weighted by atomic mass is 16.5. The normalized spacial score (nSPS) is 12.3. The van der Waals surface area contributed by atoms with Crippen molar-refractivity contribution in [2.75, 3.05) is 20.2 Å². The summed E-state index contributed by atoms with van der Waals surface area (Å²) in [4.78, 5) is 14.1. The van der Waals surface area contributed by atoms with Gasteiger partial charge in [-0.15, -0.1) is 0 Å². The Morgan fingerprint density at radius 3 is 2.60 bits per heavy atom. The molecule has 0 aliphatic rings. The molecular weight excluding hydrogens is 252 g/mol. The van der Waals surface area contributed by atoms with Gasteiger partial charge in [0.1, 0.15) is 5.75 Å². The van der Waals surface area contributed by atoms with Crippen molar-refractivity contribution in [3.63, 3.8) is 0 Å². The zero-order chi connectivity index (χ0) is 15.1. The Labute approximate surface area is 121 Å². The Morgan fingerprint density at radius 2 is 2.00 bits per heavy atom. The van der Waals surface area contributed by atoms with Crippen LogP contribution in [0.25, 0.3) is 0 Å². The molecule has 1 atom stereocenters. The van der Waals surface area contributed by atoms with Gasteiger partial charge in [-0.05, 0) is 31.4 Å². The molecule has 0 aliphatic heterocycles. The fourth-order valence-corrected chi connectivity index (χ4v) is 1.91. The highest BCUT2D eigenvalue weighted by molar-refractivity contribution is 5.96. The zero-order valence-electron chi connectivity index (χ0n) is 12.9. The number of benzene rings is 1. The smallest absolute Gasteiger partial charge is 0.257 e. The number of carbonyl (C=O) groups excluding carboxylic acids is 1. The molecule has 0 fully saturated rings. The summed E-state index contributed by atoms with van der Waals surface area (Å²) in [5.74, 6) is 1.04. The Bertz CT molecular complexity index is 432. The lowest BCUT2D eigenvalue weighted by atomic mass is 10.0. The molecule has 2 N–H and O–H groups in total. The number of rotatable bonds is 7. The van der Waals surface area contributed by atoms with Crippen LogP contribution in [-0.2, 0) is 0 Å². The van der Waals surface area contributed by atoms with Crippen LogP contribution in [0.4, 0.5) is 0 Å². The van der Waals surface area contributed by atoms with Gasteiger partial charge in [0.25, 0.3) is 5.91 Å². The van der Waals surface area contributed by atoms with Gasteiger partial charge in [-0.1, -0.05) is 26.0 Å². The predicted octanol–water partition coefficient (Wildman–Crippen LogP) is 2.53. The first-order chi connectivity index (χ1) is 9.47. The van der Waals surface area contributed by atoms with Crippen molar-refractivity contribution in [1.29, 1.82) is 0 Å². The van der Waals surface area contributed by atoms with Crippen LogP contribution in [0.5, 0.6) is 5.75 Å². The van der Waals surface area contributed by atoms with Crippen molar-refractivity contribution in [2.45, 2.75) is 33.2 Å². The molecule has 1 aromatic carbocycles. The molecule has 1 amide bonds. The second-order valence-electron chi connectivity index (χ2n) is 5.35. The molecule has 0 spiro atoms. The Hall–Kier alpha value is -1.55. The van der Waals surface area contributed by atoms with Crippen LogP contribution in [0.3, 0.4) is 0 Å². The number of amides is 1. The van der Waals surface area contributed by atoms with Crippen LogP contribution in [0, 0.1) is 5.92 Å². The standard InChI is InChI=1S/C16H26N2O2/c1-5-20-15-9-7-6-8-13(15)16(19)18(4)11-10-14(17)12(2)3/h6-9,12,14H,5,10-11,17H2,1-4H3. The predicted molar refractivity (Wildman–Crippen MR) is 82.0 cm³/mol. The summed E-state index contributed by atoms with van der Waals surface area (Å²) in [6.07, 6.45) is 0.802. The van der Waals surface area contributed by atoms with E-state index in [1.54, 1.807) is 18.0 Å². The lowest BCUT2D eigenvalue weighted by Gasteiger charge is -2.22. The first-order valence-electron chi connectivity index (χ1n) is 7.20. The molecule has 112 valence electrons. The minimum atomic E-state index is -0.0231. The van der Waals surface area contributed by atoms with Crippen LogP contribution < -0.4 is 10.5 Å². The van der Waals surface area contributed by atoms with Gasteiger partial charge in [-0.25, -0.2) is 0 Å². The van der Waals surface area contributed by atoms with E-state index in [1.807, 2.05) is 25.1 Å². The zero-order valence-corrected chi connectivity index (χ0v) is 12.9. The monoisotopic (exact) mass is 278 g/mol. The van der Waals surface area contributed by atoms with Crippen LogP contribution in [0.2, 0.25) is 0 Å². The highest BCUT2D eigenvalue weighted by Crippen LogP contribution is 2.19. The van der Waals surface area contributed by atoms with E-state index in [2.05, 4.69) is 13.8 Å². The third-order valence-corrected chi connectivity index (χ3v) is 3.42. The second-order valence-corrected chi connectivity index (χ2v) is 5.35. The Morgan fingerprint density at radius 1 is 1.35 bits per heavy atom. The van der Waals surface area contributed by atoms with Crippen molar-refractivity contribution in [3.8, 4) is 5.75 Å². The van der Waals surface area contributed by atoms with E-state index in [9.17, 15) is 4.79 Å². The summed E-state index contributed by atoms with van der Waals surface area (Å²) in [5.41, 5.74) is 6.63. The number of nitrogens with zero attached hydrogens (tertiary/aromatic N) is 1. The summed E-state index contributed by atoms with van der Waals surface area (Å²) in [6.45, 7) is 7.30. The lowest BCUT2D eigenvalue weighted by Crippen LogP contribution is -2.34. The van der Waals surface area contributed by atoms with Gasteiger partial charge in [0, 0.05) is 19.6 Å². The van der Waals surface area contributed by atoms with Crippen molar-refractivity contribution in [2.24, 2.45) is 11.7 Å². The molecule has 0 saturated carbocycles. The fourth-order valence-electron chi connectivity index (χ4n) is 1.91. The molecule has 4 nitrogen and oxygen atoms in total. The molecule has 0 saturated heterocycles. The van der Waals surface area contributed by atoms with Gasteiger partial charge in [0.05, 0.1) is 12.2 Å². The van der Waals surface area contributed by atoms with E-state index in [0.717, 1.165) is 6.42 Å². The van der Waals surface area contributed by atoms with Gasteiger partial charge >= 0.3 is 0 Å². The minimum Gasteiger partial charge on any atom is -0.493 e. The third kappa shape index (κ3) is 4.53. The van der Waals surface area contributed by atoms with Crippen molar-refractivity contribution in [1.82, 2.24) is 4.90 Å². The fraction of sp³-hybridized carbons (Fsp3) is 0.562. The molecule has 0 aromatic heterocycles. The first kappa shape index (κ1) is 16.5. The number of hydrogen-bond acceptors (Lipinski definition) is 3. The van der Waals surface area contributed by atoms with E-state index in [-0.39, 0.29) is 11.9 Å². The molecule has 0 bridgehead atoms. The number of nitrogens with two attached hydrogens (primary N) is 1. The second kappa shape index (κ2) is 7.90. The molecular formula is C16H26N2O2. The maximum Gasteiger partial charge on any atom is 0.257 e. The highest BCUT2D eigenvalue weighted by Gasteiger charge is 2.17. The summed E-state index contributed by atoms with van der Waals surface area (Å²) < 4.78 is 5.50. The average molecular weight is 278 g/mol. The molecule has 20 heavy (non-hydrogen) atoms. The maximum atomic E-state index is 12.4. The molecule has 1 unspecified atom stereocenters. The topological polar surface area (TPSA) is 55.6 Å². The lowest BCUT2D eigenvalue weighted by molar-refractivity contribution is 0.0785. The van der Waals surface area contributed by atoms with Crippen molar-refractivity contribution in [3.05, 3.63) is 29.8 Å². The number of para-hydroxylation sites is 1. The summed E-state index contributed by atoms with van der Waals surface area (Å²) in [7, 11) is 1.80. The summed E-state index contributed by atoms with van der Waals surface area (Å²) >= 11 is 0. The Balaban J connectivity index is 2.69. The summed E-state index contributed by atoms with van der Waals surface area (Å²) in [5, 5.41) is 0. The van der Waals surface area contributed by atoms with Crippen LogP contribution >= 0.6 is 0 Å². The van der Waals surface area contributed by atoms with Crippen LogP contribution in [0.1, 0.15) is 37.6 Å². The largest absolute Gasteiger partial charge is 0.493 e. The van der Waals surface area contributed by atoms with Crippen molar-refractivity contribution >= 4 is 5.91 Å². The third-order valence-electron chi connectivity index (χ3n) is 3.42. The molecule has 1 aromatic rings. The number of carbonyl (C=O) groups is 1. The quantitative estimate of drug-likeness (QED) is 0.834. The van der Waals surface area contributed by atoms with E-state index in [1.165, 1.54) is 0 Å². The van der Waals surface area contributed by atoms with Crippen molar-refractivity contribution < 1.29 is 9.53 Å². The van der Waals surface area contributed by atoms with Gasteiger partial charge in [-0.3, -0.25) is 4.79 Å². The van der Waals surface area contributed by atoms with E-state index < -0.39 is 0 Å². The van der Waals surface area contributed by atoms with Crippen LogP contribution in [0.15, 0.2) is 24.3 Å². The van der Waals surface area contributed by atoms with Crippen LogP contribution in [-0.4, -0.2) is 37.0 Å². The van der Waals surface area contributed by atoms with Gasteiger partial charge in [-0.2, -0.15) is 0 Å². The SMILES string of the molecule is CCOc1ccccc1C(=O)N(C)CCC(N)C(C)C. The minimum absolute atomic E-state index is 0.0231. The molecule has 0 aliphatic carbocycles. The Kier molecular flexibility index (Phi) is 6.52. The van der Waals surface area contributed by atoms with Gasteiger partial charge in [0.15, 0.2) is 0 Å². The molecule has 4 heteroatoms. The number of hydrogen-bond donors (Lipinski definition) is 1. The summed E-state index contributed by atoms with van der Waals surface area (Å²) in [6, 6.07) is 7.46. The average Bonchev–Trinajstić information content (AvgIpc) is 2.44. The first-order valence-corrected chi connectivity index (χ1v) is 7.20.